The molecule has 11 nitrogen and oxygen atoms in total. The zero-order valence-electron chi connectivity index (χ0n) is 20.7. The first-order valence-corrected chi connectivity index (χ1v) is 12.7. The molecule has 39 heavy (non-hydrogen) atoms. The van der Waals surface area contributed by atoms with E-state index in [1.807, 2.05) is 12.1 Å². The molecule has 6 N–H and O–H groups in total. The van der Waals surface area contributed by atoms with Crippen LogP contribution in [0.15, 0.2) is 95.0 Å². The molecule has 0 aliphatic heterocycles. The van der Waals surface area contributed by atoms with Gasteiger partial charge in [0.1, 0.15) is 20.2 Å². The monoisotopic (exact) mass is 590 g/mol. The molecule has 194 valence electrons. The second-order valence-corrected chi connectivity index (χ2v) is 10.3. The van der Waals surface area contributed by atoms with Crippen molar-refractivity contribution in [3.05, 3.63) is 85.2 Å². The molecule has 5 rings (SSSR count). The molecule has 0 amide bonds. The molecule has 0 radical (unpaired) electrons. The Balaban J connectivity index is 0.00000289. The molecule has 0 saturated heterocycles. The smallest absolute Gasteiger partial charge is 0.744 e. The van der Waals surface area contributed by atoms with Gasteiger partial charge in [-0.25, -0.2) is 16.8 Å². The maximum absolute atomic E-state index is 11.2. The fraction of sp³-hybridized carbons (Fsp3) is 0. The summed E-state index contributed by atoms with van der Waals surface area (Å²) in [6, 6.07) is 18.7. The summed E-state index contributed by atoms with van der Waals surface area (Å²) in [5.74, 6) is 0. The standard InChI is InChI=1S/C24H16N2O6S2.2Na.3H2O/c27-33(28,29)17-5-1-15(2-6-17)19-11-13-25-23-21(19)9-10-22-20(12-14-26-24(22)23)16-3-7-18(8-4-16)34(30,31)32;;;;;/h1-14H,(H,27,28,29)(H,30,31,32);;;3*1H2/q;2*+1;;;/p-2. The first-order valence-electron chi connectivity index (χ1n) is 9.92. The van der Waals surface area contributed by atoms with Crippen LogP contribution in [0.2, 0.25) is 0 Å². The van der Waals surface area contributed by atoms with Crippen molar-refractivity contribution in [1.29, 1.82) is 0 Å². The first-order chi connectivity index (χ1) is 16.1. The summed E-state index contributed by atoms with van der Waals surface area (Å²) in [5, 5.41) is 1.57. The van der Waals surface area contributed by atoms with Gasteiger partial charge >= 0.3 is 59.1 Å². The average Bonchev–Trinajstić information content (AvgIpc) is 2.82. The Hall–Kier alpha value is -1.82. The summed E-state index contributed by atoms with van der Waals surface area (Å²) in [7, 11) is -9.08. The Morgan fingerprint density at radius 3 is 1.08 bits per heavy atom. The van der Waals surface area contributed by atoms with Gasteiger partial charge in [-0.3, -0.25) is 9.97 Å². The van der Waals surface area contributed by atoms with Crippen LogP contribution in [0.25, 0.3) is 44.1 Å². The van der Waals surface area contributed by atoms with Crippen molar-refractivity contribution < 1.29 is 101 Å². The number of aromatic nitrogens is 2. The molecule has 5 aromatic rings. The van der Waals surface area contributed by atoms with Gasteiger partial charge in [0.25, 0.3) is 0 Å². The third kappa shape index (κ3) is 7.48. The van der Waals surface area contributed by atoms with Crippen molar-refractivity contribution >= 4 is 42.0 Å². The van der Waals surface area contributed by atoms with Gasteiger partial charge in [0.2, 0.25) is 0 Å². The van der Waals surface area contributed by atoms with E-state index < -0.39 is 20.2 Å². The second-order valence-electron chi connectivity index (χ2n) is 7.53. The molecular weight excluding hydrogens is 570 g/mol. The predicted octanol–water partition coefficient (Wildman–Crippen LogP) is -4.54. The van der Waals surface area contributed by atoms with Crippen molar-refractivity contribution in [3.63, 3.8) is 0 Å². The van der Waals surface area contributed by atoms with Gasteiger partial charge < -0.3 is 25.5 Å². The minimum absolute atomic E-state index is 0. The Kier molecular flexibility index (Phi) is 13.5. The molecule has 0 saturated carbocycles. The number of nitrogens with zero attached hydrogens (tertiary/aromatic N) is 2. The number of rotatable bonds is 4. The largest absolute Gasteiger partial charge is 1.00 e. The molecule has 0 atom stereocenters. The van der Waals surface area contributed by atoms with Gasteiger partial charge in [-0.15, -0.1) is 0 Å². The molecule has 2 heterocycles. The van der Waals surface area contributed by atoms with E-state index in [0.29, 0.717) is 22.2 Å². The van der Waals surface area contributed by atoms with Gasteiger partial charge in [-0.05, 0) is 58.7 Å². The summed E-state index contributed by atoms with van der Waals surface area (Å²) in [6.45, 7) is 0. The van der Waals surface area contributed by atoms with Crippen LogP contribution in [0.3, 0.4) is 0 Å². The number of hydrogen-bond donors (Lipinski definition) is 0. The normalized spacial score (nSPS) is 10.7. The third-order valence-electron chi connectivity index (χ3n) is 5.53. The van der Waals surface area contributed by atoms with Crippen LogP contribution in [0.1, 0.15) is 0 Å². The van der Waals surface area contributed by atoms with Crippen LogP contribution in [0.5, 0.6) is 0 Å². The molecule has 2 aromatic heterocycles. The molecular formula is C24H20N2Na2O9S2. The summed E-state index contributed by atoms with van der Waals surface area (Å²) < 4.78 is 67.4. The maximum atomic E-state index is 11.2. The van der Waals surface area contributed by atoms with E-state index in [2.05, 4.69) is 9.97 Å². The van der Waals surface area contributed by atoms with Crippen LogP contribution in [0, 0.1) is 0 Å². The Bertz CT molecular complexity index is 1670. The Morgan fingerprint density at radius 2 is 0.795 bits per heavy atom. The van der Waals surface area contributed by atoms with Crippen LogP contribution in [-0.4, -0.2) is 52.3 Å². The third-order valence-corrected chi connectivity index (χ3v) is 7.23. The van der Waals surface area contributed by atoms with Gasteiger partial charge in [-0.1, -0.05) is 36.4 Å². The molecule has 0 unspecified atom stereocenters. The molecule has 3 aromatic carbocycles. The van der Waals surface area contributed by atoms with Crippen LogP contribution >= 0.6 is 0 Å². The number of fused-ring (bicyclic) bond motifs is 3. The minimum atomic E-state index is -4.54. The van der Waals surface area contributed by atoms with Crippen molar-refractivity contribution in [2.24, 2.45) is 0 Å². The van der Waals surface area contributed by atoms with E-state index in [-0.39, 0.29) is 85.3 Å². The number of pyridine rings is 2. The molecule has 0 bridgehead atoms. The zero-order chi connectivity index (χ0) is 24.1. The van der Waals surface area contributed by atoms with E-state index in [0.717, 1.165) is 21.9 Å². The fourth-order valence-corrected chi connectivity index (χ4v) is 4.87. The first kappa shape index (κ1) is 37.2. The van der Waals surface area contributed by atoms with Gasteiger partial charge in [0, 0.05) is 23.2 Å². The quantitative estimate of drug-likeness (QED) is 0.112. The van der Waals surface area contributed by atoms with Gasteiger partial charge in [0.05, 0.1) is 20.8 Å². The second kappa shape index (κ2) is 14.2. The summed E-state index contributed by atoms with van der Waals surface area (Å²) in [6.07, 6.45) is 3.25. The fourth-order valence-electron chi connectivity index (χ4n) is 3.93. The zero-order valence-corrected chi connectivity index (χ0v) is 26.4. The van der Waals surface area contributed by atoms with Crippen LogP contribution in [0.4, 0.5) is 0 Å². The van der Waals surface area contributed by atoms with E-state index in [1.54, 1.807) is 48.8 Å². The Labute approximate surface area is 268 Å². The Morgan fingerprint density at radius 1 is 0.487 bits per heavy atom. The van der Waals surface area contributed by atoms with Crippen LogP contribution in [-0.2, 0) is 20.2 Å². The minimum Gasteiger partial charge on any atom is -0.744 e. The van der Waals surface area contributed by atoms with Crippen molar-refractivity contribution in [2.75, 3.05) is 0 Å². The molecule has 0 fully saturated rings. The number of benzene rings is 3. The van der Waals surface area contributed by atoms with Gasteiger partial charge in [-0.2, -0.15) is 0 Å². The molecule has 0 aliphatic carbocycles. The topological polar surface area (TPSA) is 235 Å². The SMILES string of the molecule is O.O.O.O=S(=O)([O-])c1ccc(-c2ccnc3c2ccc2c(-c4ccc(S(=O)(=O)[O-])cc4)ccnc23)cc1.[Na+].[Na+]. The van der Waals surface area contributed by atoms with E-state index in [9.17, 15) is 25.9 Å². The molecule has 15 heteroatoms. The van der Waals surface area contributed by atoms with Crippen molar-refractivity contribution in [2.45, 2.75) is 9.79 Å². The summed E-state index contributed by atoms with van der Waals surface area (Å²) in [4.78, 5) is 8.40. The molecule has 0 spiro atoms. The summed E-state index contributed by atoms with van der Waals surface area (Å²) >= 11 is 0. The maximum Gasteiger partial charge on any atom is 1.00 e. The van der Waals surface area contributed by atoms with E-state index in [4.69, 9.17) is 0 Å². The average molecular weight is 591 g/mol. The van der Waals surface area contributed by atoms with Crippen LogP contribution < -0.4 is 59.1 Å². The van der Waals surface area contributed by atoms with E-state index in [1.165, 1.54) is 24.3 Å². The number of hydrogen-bond acceptors (Lipinski definition) is 8. The van der Waals surface area contributed by atoms with Gasteiger partial charge in [0.15, 0.2) is 0 Å². The molecule has 0 aliphatic rings. The summed E-state index contributed by atoms with van der Waals surface area (Å²) in [5.41, 5.74) is 4.25. The predicted molar refractivity (Wildman–Crippen MR) is 135 cm³/mol. The van der Waals surface area contributed by atoms with Crippen molar-refractivity contribution in [3.8, 4) is 22.3 Å². The van der Waals surface area contributed by atoms with E-state index >= 15 is 0 Å². The van der Waals surface area contributed by atoms with Crippen molar-refractivity contribution in [1.82, 2.24) is 9.97 Å².